The van der Waals surface area contributed by atoms with Crippen molar-refractivity contribution in [3.63, 3.8) is 0 Å². The average Bonchev–Trinajstić information content (AvgIpc) is 2.76. The van der Waals surface area contributed by atoms with Crippen molar-refractivity contribution in [1.29, 1.82) is 0 Å². The van der Waals surface area contributed by atoms with Gasteiger partial charge in [-0.25, -0.2) is 0 Å². The van der Waals surface area contributed by atoms with E-state index in [1.165, 1.54) is 43.4 Å². The zero-order valence-corrected chi connectivity index (χ0v) is 10.5. The third-order valence-electron chi connectivity index (χ3n) is 3.97. The topological polar surface area (TPSA) is 8.17 Å². The molecule has 1 aliphatic rings. The van der Waals surface area contributed by atoms with Gasteiger partial charge in [-0.1, -0.05) is 18.2 Å². The lowest BCUT2D eigenvalue weighted by atomic mass is 9.97. The first-order valence-electron chi connectivity index (χ1n) is 6.55. The molecule has 0 saturated carbocycles. The van der Waals surface area contributed by atoms with Gasteiger partial charge < -0.3 is 9.47 Å². The molecule has 0 bridgehead atoms. The Hall–Kier alpha value is -1.28. The van der Waals surface area contributed by atoms with Crippen molar-refractivity contribution in [3.05, 3.63) is 36.5 Å². The second-order valence-electron chi connectivity index (χ2n) is 5.27. The molecule has 2 heteroatoms. The Balaban J connectivity index is 1.76. The number of fused-ring (bicyclic) bond motifs is 1. The molecule has 2 heterocycles. The molecule has 2 aromatic rings. The van der Waals surface area contributed by atoms with Crippen LogP contribution in [0, 0.1) is 5.92 Å². The number of piperidine rings is 1. The van der Waals surface area contributed by atoms with Gasteiger partial charge in [0.15, 0.2) is 0 Å². The third-order valence-corrected chi connectivity index (χ3v) is 3.97. The molecule has 0 unspecified atom stereocenters. The summed E-state index contributed by atoms with van der Waals surface area (Å²) in [6.07, 6.45) is 4.91. The molecular weight excluding hydrogens is 208 g/mol. The fourth-order valence-corrected chi connectivity index (χ4v) is 2.82. The highest BCUT2D eigenvalue weighted by Crippen LogP contribution is 2.22. The van der Waals surface area contributed by atoms with Crippen LogP contribution in [0.1, 0.15) is 12.8 Å². The zero-order chi connectivity index (χ0) is 11.7. The van der Waals surface area contributed by atoms with Crippen LogP contribution in [0.3, 0.4) is 0 Å². The lowest BCUT2D eigenvalue weighted by Crippen LogP contribution is -2.31. The third kappa shape index (κ3) is 2.22. The zero-order valence-electron chi connectivity index (χ0n) is 10.5. The van der Waals surface area contributed by atoms with Crippen molar-refractivity contribution in [2.24, 2.45) is 5.92 Å². The molecule has 2 nitrogen and oxygen atoms in total. The number of rotatable bonds is 2. The van der Waals surface area contributed by atoms with Gasteiger partial charge in [0.25, 0.3) is 0 Å². The van der Waals surface area contributed by atoms with E-state index in [9.17, 15) is 0 Å². The van der Waals surface area contributed by atoms with Crippen molar-refractivity contribution in [2.75, 3.05) is 20.1 Å². The fourth-order valence-electron chi connectivity index (χ4n) is 2.82. The van der Waals surface area contributed by atoms with Crippen molar-refractivity contribution < 1.29 is 0 Å². The predicted octanol–water partition coefficient (Wildman–Crippen LogP) is 2.98. The van der Waals surface area contributed by atoms with Crippen LogP contribution in [-0.2, 0) is 6.54 Å². The van der Waals surface area contributed by atoms with Gasteiger partial charge in [-0.2, -0.15) is 0 Å². The molecule has 1 aromatic heterocycles. The fraction of sp³-hybridized carbons (Fsp3) is 0.467. The monoisotopic (exact) mass is 228 g/mol. The van der Waals surface area contributed by atoms with E-state index in [4.69, 9.17) is 0 Å². The lowest BCUT2D eigenvalue weighted by molar-refractivity contribution is 0.206. The minimum absolute atomic E-state index is 0.849. The van der Waals surface area contributed by atoms with Crippen LogP contribution in [0.2, 0.25) is 0 Å². The van der Waals surface area contributed by atoms with Crippen LogP contribution in [0.25, 0.3) is 10.9 Å². The highest BCUT2D eigenvalue weighted by Gasteiger charge is 2.17. The van der Waals surface area contributed by atoms with Crippen molar-refractivity contribution >= 4 is 10.9 Å². The molecule has 1 aromatic carbocycles. The summed E-state index contributed by atoms with van der Waals surface area (Å²) in [7, 11) is 2.22. The number of hydrogen-bond acceptors (Lipinski definition) is 1. The lowest BCUT2D eigenvalue weighted by Gasteiger charge is -2.29. The maximum atomic E-state index is 2.43. The molecule has 1 saturated heterocycles. The Labute approximate surface area is 103 Å². The van der Waals surface area contributed by atoms with E-state index in [1.54, 1.807) is 0 Å². The van der Waals surface area contributed by atoms with E-state index in [1.807, 2.05) is 0 Å². The number of hydrogen-bond donors (Lipinski definition) is 0. The Kier molecular flexibility index (Phi) is 2.89. The van der Waals surface area contributed by atoms with Gasteiger partial charge in [0.05, 0.1) is 0 Å². The molecule has 1 aliphatic heterocycles. The second-order valence-corrected chi connectivity index (χ2v) is 5.27. The van der Waals surface area contributed by atoms with Gasteiger partial charge in [0.2, 0.25) is 0 Å². The molecule has 0 N–H and O–H groups in total. The maximum absolute atomic E-state index is 2.43. The van der Waals surface area contributed by atoms with Crippen LogP contribution in [0.15, 0.2) is 36.5 Å². The predicted molar refractivity (Wildman–Crippen MR) is 72.2 cm³/mol. The standard InChI is InChI=1S/C15H20N2/c1-16-9-6-13(7-10-16)12-17-11-8-14-4-2-3-5-15(14)17/h2-5,8,11,13H,6-7,9-10,12H2,1H3. The Morgan fingerprint density at radius 1 is 1.12 bits per heavy atom. The van der Waals surface area contributed by atoms with Crippen LogP contribution in [0.5, 0.6) is 0 Å². The van der Waals surface area contributed by atoms with Crippen LogP contribution >= 0.6 is 0 Å². The Morgan fingerprint density at radius 2 is 1.88 bits per heavy atom. The van der Waals surface area contributed by atoms with E-state index in [2.05, 4.69) is 53.0 Å². The normalized spacial score (nSPS) is 18.9. The van der Waals surface area contributed by atoms with Gasteiger partial charge in [-0.05, 0) is 56.4 Å². The number of benzene rings is 1. The molecule has 0 atom stereocenters. The molecule has 3 rings (SSSR count). The molecule has 90 valence electrons. The number of para-hydroxylation sites is 1. The Bertz CT molecular complexity index is 492. The first-order valence-corrected chi connectivity index (χ1v) is 6.55. The highest BCUT2D eigenvalue weighted by molar-refractivity contribution is 5.79. The van der Waals surface area contributed by atoms with Crippen molar-refractivity contribution in [1.82, 2.24) is 9.47 Å². The van der Waals surface area contributed by atoms with E-state index in [0.717, 1.165) is 5.92 Å². The maximum Gasteiger partial charge on any atom is 0.0480 e. The summed E-state index contributed by atoms with van der Waals surface area (Å²) in [4.78, 5) is 2.43. The molecule has 0 aliphatic carbocycles. The van der Waals surface area contributed by atoms with Crippen LogP contribution in [0.4, 0.5) is 0 Å². The van der Waals surface area contributed by atoms with E-state index < -0.39 is 0 Å². The van der Waals surface area contributed by atoms with Gasteiger partial charge in [0.1, 0.15) is 0 Å². The number of likely N-dealkylation sites (tertiary alicyclic amines) is 1. The van der Waals surface area contributed by atoms with Crippen LogP contribution < -0.4 is 0 Å². The number of aromatic nitrogens is 1. The molecular formula is C15H20N2. The van der Waals surface area contributed by atoms with Crippen molar-refractivity contribution in [3.8, 4) is 0 Å². The minimum atomic E-state index is 0.849. The Morgan fingerprint density at radius 3 is 2.71 bits per heavy atom. The van der Waals surface area contributed by atoms with Gasteiger partial charge in [0, 0.05) is 18.3 Å². The second kappa shape index (κ2) is 4.53. The quantitative estimate of drug-likeness (QED) is 0.767. The van der Waals surface area contributed by atoms with Crippen molar-refractivity contribution in [2.45, 2.75) is 19.4 Å². The first-order chi connectivity index (χ1) is 8.33. The molecule has 1 fully saturated rings. The van der Waals surface area contributed by atoms with Crippen LogP contribution in [-0.4, -0.2) is 29.6 Å². The summed E-state index contributed by atoms with van der Waals surface area (Å²) in [5.74, 6) is 0.849. The highest BCUT2D eigenvalue weighted by atomic mass is 15.1. The largest absolute Gasteiger partial charge is 0.347 e. The average molecular weight is 228 g/mol. The summed E-state index contributed by atoms with van der Waals surface area (Å²) < 4.78 is 2.42. The minimum Gasteiger partial charge on any atom is -0.347 e. The van der Waals surface area contributed by atoms with E-state index in [0.29, 0.717) is 0 Å². The van der Waals surface area contributed by atoms with Gasteiger partial charge >= 0.3 is 0 Å². The first kappa shape index (κ1) is 10.8. The molecule has 0 amide bonds. The van der Waals surface area contributed by atoms with E-state index in [-0.39, 0.29) is 0 Å². The summed E-state index contributed by atoms with van der Waals surface area (Å²) in [5, 5.41) is 1.36. The smallest absolute Gasteiger partial charge is 0.0480 e. The number of nitrogens with zero attached hydrogens (tertiary/aromatic N) is 2. The molecule has 0 spiro atoms. The van der Waals surface area contributed by atoms with E-state index >= 15 is 0 Å². The molecule has 17 heavy (non-hydrogen) atoms. The van der Waals surface area contributed by atoms with Gasteiger partial charge in [-0.15, -0.1) is 0 Å². The summed E-state index contributed by atoms with van der Waals surface area (Å²) in [5.41, 5.74) is 1.38. The molecule has 0 radical (unpaired) electrons. The SMILES string of the molecule is CN1CCC(Cn2ccc3ccccc32)CC1. The summed E-state index contributed by atoms with van der Waals surface area (Å²) >= 11 is 0. The summed E-state index contributed by atoms with van der Waals surface area (Å²) in [6.45, 7) is 3.69. The van der Waals surface area contributed by atoms with Gasteiger partial charge in [-0.3, -0.25) is 0 Å². The summed E-state index contributed by atoms with van der Waals surface area (Å²) in [6, 6.07) is 10.9.